The van der Waals surface area contributed by atoms with E-state index in [1.165, 1.54) is 0 Å². The van der Waals surface area contributed by atoms with Gasteiger partial charge in [-0.1, -0.05) is 44.2 Å². The lowest BCUT2D eigenvalue weighted by Gasteiger charge is -2.18. The average Bonchev–Trinajstić information content (AvgIpc) is 3.13. The van der Waals surface area contributed by atoms with Crippen molar-refractivity contribution in [3.05, 3.63) is 42.4 Å². The molecule has 1 aromatic heterocycles. The van der Waals surface area contributed by atoms with Gasteiger partial charge < -0.3 is 9.73 Å². The molecule has 0 radical (unpaired) electrons. The number of hydrogen-bond acceptors (Lipinski definition) is 4. The van der Waals surface area contributed by atoms with Crippen molar-refractivity contribution in [3.63, 3.8) is 0 Å². The van der Waals surface area contributed by atoms with Crippen molar-refractivity contribution in [2.24, 2.45) is 5.41 Å². The lowest BCUT2D eigenvalue weighted by molar-refractivity contribution is -0.122. The van der Waals surface area contributed by atoms with Crippen LogP contribution in [0.3, 0.4) is 0 Å². The number of rotatable bonds is 5. The number of carbonyl (C=O) groups excluding carboxylic acids is 1. The first-order chi connectivity index (χ1) is 11.0. The van der Waals surface area contributed by atoms with Gasteiger partial charge in [0.05, 0.1) is 19.3 Å². The molecule has 1 aliphatic rings. The first-order valence-electron chi connectivity index (χ1n) is 8.01. The van der Waals surface area contributed by atoms with Crippen LogP contribution in [0.2, 0.25) is 0 Å². The number of nitrogens with zero attached hydrogens (tertiary/aromatic N) is 2. The highest BCUT2D eigenvalue weighted by atomic mass is 16.4. The first-order valence-corrected chi connectivity index (χ1v) is 8.01. The number of oxazole rings is 1. The Labute approximate surface area is 136 Å². The van der Waals surface area contributed by atoms with E-state index in [-0.39, 0.29) is 5.91 Å². The summed E-state index contributed by atoms with van der Waals surface area (Å²) in [5.74, 6) is 1.26. The van der Waals surface area contributed by atoms with Crippen molar-refractivity contribution in [1.29, 1.82) is 0 Å². The largest absolute Gasteiger partial charge is 0.439 e. The Balaban J connectivity index is 1.49. The highest BCUT2D eigenvalue weighted by molar-refractivity contribution is 5.77. The van der Waals surface area contributed by atoms with Crippen LogP contribution in [0.1, 0.15) is 26.2 Å². The quantitative estimate of drug-likeness (QED) is 0.922. The number of benzene rings is 1. The molecular weight excluding hydrogens is 290 g/mol. The van der Waals surface area contributed by atoms with Gasteiger partial charge in [0.15, 0.2) is 5.76 Å². The minimum Gasteiger partial charge on any atom is -0.439 e. The van der Waals surface area contributed by atoms with Crippen LogP contribution in [0.4, 0.5) is 0 Å². The number of carbonyl (C=O) groups is 1. The molecule has 122 valence electrons. The van der Waals surface area contributed by atoms with E-state index in [0.717, 1.165) is 30.8 Å². The van der Waals surface area contributed by atoms with Crippen LogP contribution in [0.5, 0.6) is 0 Å². The van der Waals surface area contributed by atoms with Gasteiger partial charge >= 0.3 is 0 Å². The van der Waals surface area contributed by atoms with Gasteiger partial charge in [-0.05, 0) is 18.4 Å². The minimum atomic E-state index is 0.0159. The summed E-state index contributed by atoms with van der Waals surface area (Å²) in [7, 11) is 0. The Kier molecular flexibility index (Phi) is 4.48. The van der Waals surface area contributed by atoms with Crippen LogP contribution in [-0.2, 0) is 11.3 Å². The van der Waals surface area contributed by atoms with E-state index in [2.05, 4.69) is 29.0 Å². The van der Waals surface area contributed by atoms with Gasteiger partial charge in [-0.15, -0.1) is 0 Å². The molecule has 5 heteroatoms. The summed E-state index contributed by atoms with van der Waals surface area (Å²) >= 11 is 0. The van der Waals surface area contributed by atoms with Crippen LogP contribution in [-0.4, -0.2) is 35.4 Å². The van der Waals surface area contributed by atoms with Gasteiger partial charge in [0.2, 0.25) is 11.8 Å². The summed E-state index contributed by atoms with van der Waals surface area (Å²) in [6.45, 7) is 7.19. The zero-order valence-corrected chi connectivity index (χ0v) is 13.7. The molecule has 0 unspecified atom stereocenters. The summed E-state index contributed by atoms with van der Waals surface area (Å²) in [5.41, 5.74) is 1.30. The van der Waals surface area contributed by atoms with E-state index in [4.69, 9.17) is 4.42 Å². The van der Waals surface area contributed by atoms with E-state index >= 15 is 0 Å². The van der Waals surface area contributed by atoms with E-state index in [9.17, 15) is 4.79 Å². The fourth-order valence-corrected chi connectivity index (χ4v) is 2.92. The molecule has 2 heterocycles. The van der Waals surface area contributed by atoms with Crippen molar-refractivity contribution in [1.82, 2.24) is 15.2 Å². The van der Waals surface area contributed by atoms with E-state index < -0.39 is 0 Å². The maximum absolute atomic E-state index is 12.0. The third kappa shape index (κ3) is 4.20. The summed E-state index contributed by atoms with van der Waals surface area (Å²) in [4.78, 5) is 18.5. The molecule has 0 atom stereocenters. The van der Waals surface area contributed by atoms with Crippen molar-refractivity contribution in [2.75, 3.05) is 19.6 Å². The zero-order chi connectivity index (χ0) is 16.3. The Morgan fingerprint density at radius 2 is 2.13 bits per heavy atom. The molecule has 5 nitrogen and oxygen atoms in total. The summed E-state index contributed by atoms with van der Waals surface area (Å²) in [5, 5.41) is 2.88. The molecule has 0 aliphatic carbocycles. The number of likely N-dealkylation sites (tertiary alicyclic amines) is 1. The van der Waals surface area contributed by atoms with E-state index in [0.29, 0.717) is 24.4 Å². The monoisotopic (exact) mass is 313 g/mol. The van der Waals surface area contributed by atoms with E-state index in [1.54, 1.807) is 6.20 Å². The van der Waals surface area contributed by atoms with Crippen LogP contribution in [0.15, 0.2) is 40.9 Å². The van der Waals surface area contributed by atoms with Crippen molar-refractivity contribution in [3.8, 4) is 11.3 Å². The smallest absolute Gasteiger partial charge is 0.234 e. The highest BCUT2D eigenvalue weighted by Gasteiger charge is 2.29. The molecule has 1 amide bonds. The maximum Gasteiger partial charge on any atom is 0.234 e. The minimum absolute atomic E-state index is 0.0159. The second-order valence-electron chi connectivity index (χ2n) is 6.89. The van der Waals surface area contributed by atoms with Gasteiger partial charge in [0, 0.05) is 12.1 Å². The summed E-state index contributed by atoms with van der Waals surface area (Å²) in [6.07, 6.45) is 2.83. The fourth-order valence-electron chi connectivity index (χ4n) is 2.92. The van der Waals surface area contributed by atoms with Crippen LogP contribution in [0, 0.1) is 5.41 Å². The number of hydrogen-bond donors (Lipinski definition) is 1. The van der Waals surface area contributed by atoms with Gasteiger partial charge in [0.25, 0.3) is 0 Å². The Bertz CT molecular complexity index is 664. The van der Waals surface area contributed by atoms with Crippen molar-refractivity contribution in [2.45, 2.75) is 26.8 Å². The molecular formula is C18H23N3O2. The van der Waals surface area contributed by atoms with Crippen molar-refractivity contribution >= 4 is 5.91 Å². The third-order valence-corrected chi connectivity index (χ3v) is 4.17. The topological polar surface area (TPSA) is 58.4 Å². The Morgan fingerprint density at radius 1 is 1.35 bits per heavy atom. The molecule has 0 bridgehead atoms. The lowest BCUT2D eigenvalue weighted by atomic mass is 9.93. The highest BCUT2D eigenvalue weighted by Crippen LogP contribution is 2.28. The Morgan fingerprint density at radius 3 is 2.83 bits per heavy atom. The average molecular weight is 313 g/mol. The van der Waals surface area contributed by atoms with Gasteiger partial charge in [0.1, 0.15) is 0 Å². The van der Waals surface area contributed by atoms with Crippen molar-refractivity contribution < 1.29 is 9.21 Å². The summed E-state index contributed by atoms with van der Waals surface area (Å²) in [6, 6.07) is 9.81. The molecule has 1 fully saturated rings. The van der Waals surface area contributed by atoms with Gasteiger partial charge in [-0.2, -0.15) is 0 Å². The maximum atomic E-state index is 12.0. The predicted molar refractivity (Wildman–Crippen MR) is 88.6 cm³/mol. The molecule has 1 saturated heterocycles. The summed E-state index contributed by atoms with van der Waals surface area (Å²) < 4.78 is 5.68. The zero-order valence-electron chi connectivity index (χ0n) is 13.7. The molecule has 0 saturated carbocycles. The molecule has 1 aromatic carbocycles. The standard InChI is InChI=1S/C18H23N3O2/c1-18(2)8-9-21(13-18)12-16(22)19-11-17-20-10-15(23-17)14-6-4-3-5-7-14/h3-7,10H,8-9,11-13H2,1-2H3,(H,19,22). The molecule has 0 spiro atoms. The van der Waals surface area contributed by atoms with E-state index in [1.807, 2.05) is 30.3 Å². The Hall–Kier alpha value is -2.14. The normalized spacial score (nSPS) is 17.3. The van der Waals surface area contributed by atoms with Crippen LogP contribution in [0.25, 0.3) is 11.3 Å². The molecule has 1 aliphatic heterocycles. The molecule has 23 heavy (non-hydrogen) atoms. The van der Waals surface area contributed by atoms with Gasteiger partial charge in [-0.25, -0.2) is 4.98 Å². The molecule has 3 rings (SSSR count). The lowest BCUT2D eigenvalue weighted by Crippen LogP contribution is -2.36. The van der Waals surface area contributed by atoms with Crippen LogP contribution < -0.4 is 5.32 Å². The molecule has 1 N–H and O–H groups in total. The number of nitrogens with one attached hydrogen (secondary N) is 1. The first kappa shape index (κ1) is 15.7. The number of amides is 1. The predicted octanol–water partition coefficient (Wildman–Crippen LogP) is 2.69. The second-order valence-corrected chi connectivity index (χ2v) is 6.89. The SMILES string of the molecule is CC1(C)CCN(CC(=O)NCc2ncc(-c3ccccc3)o2)C1. The fraction of sp³-hybridized carbons (Fsp3) is 0.444. The molecule has 2 aromatic rings. The third-order valence-electron chi connectivity index (χ3n) is 4.17. The second kappa shape index (κ2) is 6.54. The number of aromatic nitrogens is 1. The van der Waals surface area contributed by atoms with Gasteiger partial charge in [-0.3, -0.25) is 9.69 Å². The van der Waals surface area contributed by atoms with Crippen LogP contribution >= 0.6 is 0 Å².